The lowest BCUT2D eigenvalue weighted by atomic mass is 10.1. The molecule has 0 aliphatic carbocycles. The van der Waals surface area contributed by atoms with Crippen molar-refractivity contribution in [3.8, 4) is 0 Å². The summed E-state index contributed by atoms with van der Waals surface area (Å²) < 4.78 is 10.5. The number of carboxylic acids is 1. The van der Waals surface area contributed by atoms with Crippen LogP contribution in [0.5, 0.6) is 0 Å². The Labute approximate surface area is 119 Å². The molecule has 20 heavy (non-hydrogen) atoms. The van der Waals surface area contributed by atoms with E-state index in [1.54, 1.807) is 4.90 Å². The topological polar surface area (TPSA) is 88.1 Å². The number of ether oxygens (including phenoxy) is 2. The van der Waals surface area contributed by atoms with Crippen LogP contribution in [0.4, 0.5) is 4.79 Å². The molecule has 2 N–H and O–H groups in total. The number of carbonyl (C=O) groups excluding carboxylic acids is 1. The Kier molecular flexibility index (Phi) is 7.98. The van der Waals surface area contributed by atoms with E-state index in [9.17, 15) is 9.59 Å². The summed E-state index contributed by atoms with van der Waals surface area (Å²) >= 11 is 0. The molecule has 0 bridgehead atoms. The number of carboxylic acid groups (broad SMARTS) is 1. The predicted octanol–water partition coefficient (Wildman–Crippen LogP) is 0.688. The van der Waals surface area contributed by atoms with Crippen LogP contribution >= 0.6 is 0 Å². The van der Waals surface area contributed by atoms with Gasteiger partial charge in [-0.15, -0.1) is 0 Å². The highest BCUT2D eigenvalue weighted by Gasteiger charge is 2.23. The molecule has 0 spiro atoms. The number of nitrogens with zero attached hydrogens (tertiary/aromatic N) is 1. The number of likely N-dealkylation sites (tertiary alicyclic amines) is 1. The van der Waals surface area contributed by atoms with Crippen LogP contribution in [0.2, 0.25) is 0 Å². The molecule has 0 saturated carbocycles. The van der Waals surface area contributed by atoms with Crippen LogP contribution in [0.1, 0.15) is 26.2 Å². The van der Waals surface area contributed by atoms with Gasteiger partial charge in [-0.1, -0.05) is 6.92 Å². The summed E-state index contributed by atoms with van der Waals surface area (Å²) in [6.45, 7) is 4.29. The SMILES string of the molecule is CCCOC1CCCN(C(=O)NCCOCC(=O)O)C1. The Morgan fingerprint density at radius 3 is 2.90 bits per heavy atom. The molecule has 1 atom stereocenters. The van der Waals surface area contributed by atoms with Crippen molar-refractivity contribution in [2.45, 2.75) is 32.3 Å². The third kappa shape index (κ3) is 6.72. The van der Waals surface area contributed by atoms with E-state index in [-0.39, 0.29) is 25.3 Å². The molecule has 0 aromatic carbocycles. The zero-order valence-electron chi connectivity index (χ0n) is 12.0. The molecule has 2 amide bonds. The molecule has 1 heterocycles. The summed E-state index contributed by atoms with van der Waals surface area (Å²) in [7, 11) is 0. The molecule has 1 aliphatic heterocycles. The smallest absolute Gasteiger partial charge is 0.329 e. The number of rotatable bonds is 8. The van der Waals surface area contributed by atoms with Crippen molar-refractivity contribution in [1.29, 1.82) is 0 Å². The second-order valence-electron chi connectivity index (χ2n) is 4.76. The molecule has 1 fully saturated rings. The van der Waals surface area contributed by atoms with E-state index in [0.717, 1.165) is 32.4 Å². The van der Waals surface area contributed by atoms with Crippen LogP contribution in [0.25, 0.3) is 0 Å². The van der Waals surface area contributed by atoms with Crippen molar-refractivity contribution < 1.29 is 24.2 Å². The largest absolute Gasteiger partial charge is 0.480 e. The maximum Gasteiger partial charge on any atom is 0.329 e. The minimum atomic E-state index is -1.01. The molecule has 1 saturated heterocycles. The maximum absolute atomic E-state index is 11.9. The summed E-state index contributed by atoms with van der Waals surface area (Å²) in [6.07, 6.45) is 3.03. The Hall–Kier alpha value is -1.34. The highest BCUT2D eigenvalue weighted by atomic mass is 16.5. The van der Waals surface area contributed by atoms with Crippen LogP contribution in [0.15, 0.2) is 0 Å². The molecule has 0 aromatic rings. The highest BCUT2D eigenvalue weighted by Crippen LogP contribution is 2.13. The fourth-order valence-corrected chi connectivity index (χ4v) is 2.04. The molecule has 7 heteroatoms. The first-order valence-corrected chi connectivity index (χ1v) is 7.07. The number of piperidine rings is 1. The van der Waals surface area contributed by atoms with Crippen molar-refractivity contribution in [2.24, 2.45) is 0 Å². The first-order chi connectivity index (χ1) is 9.63. The first kappa shape index (κ1) is 16.7. The molecule has 1 aliphatic rings. The zero-order chi connectivity index (χ0) is 14.8. The summed E-state index contributed by atoms with van der Waals surface area (Å²) in [4.78, 5) is 23.9. The molecule has 0 aromatic heterocycles. The summed E-state index contributed by atoms with van der Waals surface area (Å²) in [5, 5.41) is 11.1. The standard InChI is InChI=1S/C13H24N2O5/c1-2-7-20-11-4-3-6-15(9-11)13(18)14-5-8-19-10-12(16)17/h11H,2-10H2,1H3,(H,14,18)(H,16,17). The average molecular weight is 288 g/mol. The molecular formula is C13H24N2O5. The molecule has 116 valence electrons. The fraction of sp³-hybridized carbons (Fsp3) is 0.846. The second kappa shape index (κ2) is 9.55. The number of amides is 2. The maximum atomic E-state index is 11.9. The second-order valence-corrected chi connectivity index (χ2v) is 4.76. The van der Waals surface area contributed by atoms with E-state index < -0.39 is 5.97 Å². The van der Waals surface area contributed by atoms with Gasteiger partial charge < -0.3 is 24.8 Å². The lowest BCUT2D eigenvalue weighted by Crippen LogP contribution is -2.48. The average Bonchev–Trinajstić information content (AvgIpc) is 2.44. The molecular weight excluding hydrogens is 264 g/mol. The van der Waals surface area contributed by atoms with Gasteiger partial charge in [-0.05, 0) is 19.3 Å². The number of hydrogen-bond donors (Lipinski definition) is 2. The van der Waals surface area contributed by atoms with E-state index >= 15 is 0 Å². The zero-order valence-corrected chi connectivity index (χ0v) is 12.0. The van der Waals surface area contributed by atoms with Crippen molar-refractivity contribution in [2.75, 3.05) is 39.5 Å². The van der Waals surface area contributed by atoms with Crippen LogP contribution < -0.4 is 5.32 Å². The quantitative estimate of drug-likeness (QED) is 0.642. The number of hydrogen-bond acceptors (Lipinski definition) is 4. The van der Waals surface area contributed by atoms with Gasteiger partial charge in [-0.2, -0.15) is 0 Å². The van der Waals surface area contributed by atoms with Gasteiger partial charge in [0.1, 0.15) is 6.61 Å². The monoisotopic (exact) mass is 288 g/mol. The Morgan fingerprint density at radius 1 is 1.40 bits per heavy atom. The third-order valence-corrected chi connectivity index (χ3v) is 2.97. The number of urea groups is 1. The summed E-state index contributed by atoms with van der Waals surface area (Å²) in [5.74, 6) is -1.01. The van der Waals surface area contributed by atoms with Gasteiger partial charge in [0.25, 0.3) is 0 Å². The van der Waals surface area contributed by atoms with Crippen molar-refractivity contribution in [1.82, 2.24) is 10.2 Å². The van der Waals surface area contributed by atoms with E-state index in [0.29, 0.717) is 13.1 Å². The molecule has 7 nitrogen and oxygen atoms in total. The Bertz CT molecular complexity index is 311. The van der Waals surface area contributed by atoms with Gasteiger partial charge >= 0.3 is 12.0 Å². The summed E-state index contributed by atoms with van der Waals surface area (Å²) in [6, 6.07) is -0.145. The third-order valence-electron chi connectivity index (χ3n) is 2.97. The van der Waals surface area contributed by atoms with Gasteiger partial charge in [0.05, 0.1) is 12.7 Å². The van der Waals surface area contributed by atoms with Crippen LogP contribution in [-0.2, 0) is 14.3 Å². The Morgan fingerprint density at radius 2 is 2.20 bits per heavy atom. The van der Waals surface area contributed by atoms with Gasteiger partial charge in [0.2, 0.25) is 0 Å². The minimum absolute atomic E-state index is 0.123. The first-order valence-electron chi connectivity index (χ1n) is 7.07. The van der Waals surface area contributed by atoms with Gasteiger partial charge in [0, 0.05) is 26.2 Å². The Balaban J connectivity index is 2.16. The molecule has 1 rings (SSSR count). The van der Waals surface area contributed by atoms with Crippen LogP contribution in [0.3, 0.4) is 0 Å². The predicted molar refractivity (Wildman–Crippen MR) is 72.7 cm³/mol. The van der Waals surface area contributed by atoms with Crippen molar-refractivity contribution >= 4 is 12.0 Å². The number of aliphatic carboxylic acids is 1. The van der Waals surface area contributed by atoms with E-state index in [1.165, 1.54) is 0 Å². The van der Waals surface area contributed by atoms with Crippen LogP contribution in [0, 0.1) is 0 Å². The lowest BCUT2D eigenvalue weighted by Gasteiger charge is -2.32. The van der Waals surface area contributed by atoms with Gasteiger partial charge in [0.15, 0.2) is 0 Å². The lowest BCUT2D eigenvalue weighted by molar-refractivity contribution is -0.142. The van der Waals surface area contributed by atoms with Gasteiger partial charge in [-0.25, -0.2) is 9.59 Å². The van der Waals surface area contributed by atoms with Gasteiger partial charge in [-0.3, -0.25) is 0 Å². The highest BCUT2D eigenvalue weighted by molar-refractivity contribution is 5.74. The van der Waals surface area contributed by atoms with E-state index in [4.69, 9.17) is 14.6 Å². The molecule has 0 radical (unpaired) electrons. The number of carbonyl (C=O) groups is 2. The summed E-state index contributed by atoms with van der Waals surface area (Å²) in [5.41, 5.74) is 0. The van der Waals surface area contributed by atoms with E-state index in [2.05, 4.69) is 12.2 Å². The van der Waals surface area contributed by atoms with Crippen LogP contribution in [-0.4, -0.2) is 67.6 Å². The van der Waals surface area contributed by atoms with Crippen molar-refractivity contribution in [3.63, 3.8) is 0 Å². The minimum Gasteiger partial charge on any atom is -0.480 e. The number of nitrogens with one attached hydrogen (secondary N) is 1. The molecule has 1 unspecified atom stereocenters. The normalized spacial score (nSPS) is 18.9. The fourth-order valence-electron chi connectivity index (χ4n) is 2.04. The van der Waals surface area contributed by atoms with E-state index in [1.807, 2.05) is 0 Å². The van der Waals surface area contributed by atoms with Crippen molar-refractivity contribution in [3.05, 3.63) is 0 Å².